The number of nitrogens with zero attached hydrogens (tertiary/aromatic N) is 1. The van der Waals surface area contributed by atoms with Gasteiger partial charge in [0.05, 0.1) is 0 Å². The van der Waals surface area contributed by atoms with Crippen LogP contribution in [0.4, 0.5) is 0 Å². The lowest BCUT2D eigenvalue weighted by Crippen LogP contribution is -2.38. The number of fused-ring (bicyclic) bond motifs is 1. The van der Waals surface area contributed by atoms with E-state index in [0.717, 1.165) is 6.54 Å². The van der Waals surface area contributed by atoms with Crippen molar-refractivity contribution in [2.24, 2.45) is 5.73 Å². The van der Waals surface area contributed by atoms with Crippen LogP contribution in [0.3, 0.4) is 0 Å². The number of likely N-dealkylation sites (N-methyl/N-ethyl adjacent to an activating group) is 1. The van der Waals surface area contributed by atoms with Gasteiger partial charge < -0.3 is 5.73 Å². The SMILES string of the molecule is CCN(C(C)C)C(CN)c1csc2ccccc12. The van der Waals surface area contributed by atoms with Gasteiger partial charge in [0.2, 0.25) is 0 Å². The molecule has 2 rings (SSSR count). The highest BCUT2D eigenvalue weighted by Gasteiger charge is 2.22. The summed E-state index contributed by atoms with van der Waals surface area (Å²) in [5.74, 6) is 0. The van der Waals surface area contributed by atoms with Gasteiger partial charge in [-0.1, -0.05) is 25.1 Å². The number of hydrogen-bond acceptors (Lipinski definition) is 3. The van der Waals surface area contributed by atoms with Crippen LogP contribution in [-0.4, -0.2) is 24.0 Å². The van der Waals surface area contributed by atoms with E-state index in [-0.39, 0.29) is 0 Å². The van der Waals surface area contributed by atoms with Crippen molar-refractivity contribution in [3.8, 4) is 0 Å². The zero-order chi connectivity index (χ0) is 13.1. The summed E-state index contributed by atoms with van der Waals surface area (Å²) in [5, 5.41) is 3.63. The average molecular weight is 262 g/mol. The Morgan fingerprint density at radius 1 is 1.28 bits per heavy atom. The predicted molar refractivity (Wildman–Crippen MR) is 81.1 cm³/mol. The molecule has 0 saturated heterocycles. The lowest BCUT2D eigenvalue weighted by Gasteiger charge is -2.33. The van der Waals surface area contributed by atoms with Crippen molar-refractivity contribution in [2.75, 3.05) is 13.1 Å². The molecular formula is C15H22N2S. The van der Waals surface area contributed by atoms with Crippen molar-refractivity contribution in [3.05, 3.63) is 35.2 Å². The fourth-order valence-electron chi connectivity index (χ4n) is 2.64. The highest BCUT2D eigenvalue weighted by atomic mass is 32.1. The molecule has 1 heterocycles. The molecule has 0 amide bonds. The van der Waals surface area contributed by atoms with Gasteiger partial charge in [-0.2, -0.15) is 0 Å². The second kappa shape index (κ2) is 5.83. The molecule has 1 aromatic heterocycles. The van der Waals surface area contributed by atoms with Gasteiger partial charge in [-0.05, 0) is 42.8 Å². The first-order chi connectivity index (χ1) is 8.69. The van der Waals surface area contributed by atoms with Crippen LogP contribution in [0.1, 0.15) is 32.4 Å². The summed E-state index contributed by atoms with van der Waals surface area (Å²) in [6.07, 6.45) is 0. The van der Waals surface area contributed by atoms with Gasteiger partial charge in [0.1, 0.15) is 0 Å². The Balaban J connectivity index is 2.43. The van der Waals surface area contributed by atoms with Crippen LogP contribution in [0.2, 0.25) is 0 Å². The summed E-state index contributed by atoms with van der Waals surface area (Å²) < 4.78 is 1.35. The molecule has 18 heavy (non-hydrogen) atoms. The second-order valence-electron chi connectivity index (χ2n) is 4.86. The summed E-state index contributed by atoms with van der Waals surface area (Å²) in [6, 6.07) is 9.44. The highest BCUT2D eigenvalue weighted by molar-refractivity contribution is 7.17. The molecule has 2 aromatic rings. The van der Waals surface area contributed by atoms with Crippen LogP contribution in [0, 0.1) is 0 Å². The third kappa shape index (κ3) is 2.44. The lowest BCUT2D eigenvalue weighted by atomic mass is 10.0. The van der Waals surface area contributed by atoms with Crippen molar-refractivity contribution in [1.29, 1.82) is 0 Å². The van der Waals surface area contributed by atoms with E-state index in [1.54, 1.807) is 0 Å². The fourth-order valence-corrected chi connectivity index (χ4v) is 3.65. The summed E-state index contributed by atoms with van der Waals surface area (Å²) >= 11 is 1.82. The zero-order valence-corrected chi connectivity index (χ0v) is 12.2. The van der Waals surface area contributed by atoms with Crippen LogP contribution in [0.25, 0.3) is 10.1 Å². The first-order valence-corrected chi connectivity index (χ1v) is 7.49. The minimum Gasteiger partial charge on any atom is -0.329 e. The largest absolute Gasteiger partial charge is 0.329 e. The smallest absolute Gasteiger partial charge is 0.0487 e. The van der Waals surface area contributed by atoms with Gasteiger partial charge in [0.15, 0.2) is 0 Å². The molecule has 0 aliphatic heterocycles. The molecule has 3 heteroatoms. The summed E-state index contributed by atoms with van der Waals surface area (Å²) in [5.41, 5.74) is 7.42. The average Bonchev–Trinajstić information content (AvgIpc) is 2.79. The first kappa shape index (κ1) is 13.5. The first-order valence-electron chi connectivity index (χ1n) is 6.61. The van der Waals surface area contributed by atoms with Crippen LogP contribution in [0.5, 0.6) is 0 Å². The molecule has 0 aliphatic rings. The fraction of sp³-hybridized carbons (Fsp3) is 0.467. The normalized spacial score (nSPS) is 13.7. The van der Waals surface area contributed by atoms with E-state index in [0.29, 0.717) is 18.6 Å². The van der Waals surface area contributed by atoms with Crippen molar-refractivity contribution in [1.82, 2.24) is 4.90 Å². The molecular weight excluding hydrogens is 240 g/mol. The number of rotatable bonds is 5. The number of hydrogen-bond donors (Lipinski definition) is 1. The maximum absolute atomic E-state index is 6.03. The quantitative estimate of drug-likeness (QED) is 0.891. The maximum atomic E-state index is 6.03. The van der Waals surface area contributed by atoms with Gasteiger partial charge >= 0.3 is 0 Å². The molecule has 1 aromatic carbocycles. The number of thiophene rings is 1. The van der Waals surface area contributed by atoms with E-state index in [4.69, 9.17) is 5.73 Å². The lowest BCUT2D eigenvalue weighted by molar-refractivity contribution is 0.168. The van der Waals surface area contributed by atoms with Gasteiger partial charge in [-0.15, -0.1) is 11.3 Å². The molecule has 2 N–H and O–H groups in total. The molecule has 0 fully saturated rings. The summed E-state index contributed by atoms with van der Waals surface area (Å²) in [7, 11) is 0. The van der Waals surface area contributed by atoms with Gasteiger partial charge in [0.25, 0.3) is 0 Å². The van der Waals surface area contributed by atoms with Gasteiger partial charge in [-0.25, -0.2) is 0 Å². The molecule has 2 nitrogen and oxygen atoms in total. The van der Waals surface area contributed by atoms with Crippen LogP contribution >= 0.6 is 11.3 Å². The molecule has 0 saturated carbocycles. The number of benzene rings is 1. The van der Waals surface area contributed by atoms with E-state index in [1.807, 2.05) is 11.3 Å². The second-order valence-corrected chi connectivity index (χ2v) is 5.77. The van der Waals surface area contributed by atoms with Crippen molar-refractivity contribution >= 4 is 21.4 Å². The Morgan fingerprint density at radius 2 is 2.00 bits per heavy atom. The summed E-state index contributed by atoms with van der Waals surface area (Å²) in [4.78, 5) is 2.47. The minimum atomic E-state index is 0.325. The van der Waals surface area contributed by atoms with E-state index < -0.39 is 0 Å². The monoisotopic (exact) mass is 262 g/mol. The van der Waals surface area contributed by atoms with E-state index >= 15 is 0 Å². The molecule has 0 radical (unpaired) electrons. The van der Waals surface area contributed by atoms with E-state index in [9.17, 15) is 0 Å². The van der Waals surface area contributed by atoms with Crippen molar-refractivity contribution in [2.45, 2.75) is 32.9 Å². The Hall–Kier alpha value is -0.900. The third-order valence-electron chi connectivity index (χ3n) is 3.52. The molecule has 0 bridgehead atoms. The van der Waals surface area contributed by atoms with Crippen molar-refractivity contribution < 1.29 is 0 Å². The highest BCUT2D eigenvalue weighted by Crippen LogP contribution is 2.33. The molecule has 0 spiro atoms. The topological polar surface area (TPSA) is 29.3 Å². The molecule has 0 aliphatic carbocycles. The van der Waals surface area contributed by atoms with Crippen LogP contribution < -0.4 is 5.73 Å². The Bertz CT molecular complexity index is 504. The number of nitrogens with two attached hydrogens (primary N) is 1. The zero-order valence-electron chi connectivity index (χ0n) is 11.4. The predicted octanol–water partition coefficient (Wildman–Crippen LogP) is 3.63. The summed E-state index contributed by atoms with van der Waals surface area (Å²) in [6.45, 7) is 8.38. The molecule has 98 valence electrons. The standard InChI is InChI=1S/C15H22N2S/c1-4-17(11(2)3)14(9-16)13-10-18-15-8-6-5-7-12(13)15/h5-8,10-11,14H,4,9,16H2,1-3H3. The van der Waals surface area contributed by atoms with Crippen molar-refractivity contribution in [3.63, 3.8) is 0 Å². The Labute approximate surface area is 113 Å². The molecule has 1 atom stereocenters. The van der Waals surface area contributed by atoms with E-state index in [2.05, 4.69) is 55.3 Å². The Morgan fingerprint density at radius 3 is 2.61 bits per heavy atom. The van der Waals surface area contributed by atoms with E-state index in [1.165, 1.54) is 15.6 Å². The van der Waals surface area contributed by atoms with Crippen LogP contribution in [-0.2, 0) is 0 Å². The third-order valence-corrected chi connectivity index (χ3v) is 4.50. The van der Waals surface area contributed by atoms with Crippen LogP contribution in [0.15, 0.2) is 29.6 Å². The molecule has 1 unspecified atom stereocenters. The van der Waals surface area contributed by atoms with Gasteiger partial charge in [0, 0.05) is 23.3 Å². The Kier molecular flexibility index (Phi) is 4.38. The minimum absolute atomic E-state index is 0.325. The maximum Gasteiger partial charge on any atom is 0.0487 e. The van der Waals surface area contributed by atoms with Gasteiger partial charge in [-0.3, -0.25) is 4.90 Å².